The molecule has 0 saturated carbocycles. The zero-order valence-corrected chi connectivity index (χ0v) is 7.56. The van der Waals surface area contributed by atoms with Crippen LogP contribution in [0.25, 0.3) is 0 Å². The van der Waals surface area contributed by atoms with Crippen molar-refractivity contribution < 1.29 is 19.8 Å². The van der Waals surface area contributed by atoms with Gasteiger partial charge in [-0.2, -0.15) is 0 Å². The summed E-state index contributed by atoms with van der Waals surface area (Å²) in [6.45, 7) is 2.98. The van der Waals surface area contributed by atoms with Gasteiger partial charge in [-0.05, 0) is 13.0 Å². The molecule has 0 unspecified atom stereocenters. The first-order chi connectivity index (χ1) is 6.04. The smallest absolute Gasteiger partial charge is 0.328 e. The van der Waals surface area contributed by atoms with Crippen LogP contribution in [-0.4, -0.2) is 28.7 Å². The maximum Gasteiger partial charge on any atom is 0.328 e. The van der Waals surface area contributed by atoms with Gasteiger partial charge in [0.1, 0.15) is 0 Å². The predicted molar refractivity (Wildman–Crippen MR) is 48.4 cm³/mol. The van der Waals surface area contributed by atoms with Crippen molar-refractivity contribution in [2.45, 2.75) is 19.8 Å². The molecular formula is C8H15NO4. The molecule has 0 amide bonds. The van der Waals surface area contributed by atoms with Crippen molar-refractivity contribution in [3.8, 4) is 0 Å². The zero-order valence-electron chi connectivity index (χ0n) is 7.56. The Balaban J connectivity index is 0. The van der Waals surface area contributed by atoms with Gasteiger partial charge in [0, 0.05) is 12.2 Å². The Morgan fingerprint density at radius 2 is 1.62 bits per heavy atom. The van der Waals surface area contributed by atoms with Crippen LogP contribution in [0.3, 0.4) is 0 Å². The molecule has 0 aliphatic carbocycles. The first-order valence-electron chi connectivity index (χ1n) is 3.88. The lowest BCUT2D eigenvalue weighted by Crippen LogP contribution is -1.95. The van der Waals surface area contributed by atoms with E-state index in [-0.39, 0.29) is 0 Å². The van der Waals surface area contributed by atoms with Gasteiger partial charge in [0.05, 0.1) is 0 Å². The van der Waals surface area contributed by atoms with Gasteiger partial charge in [-0.15, -0.1) is 0 Å². The van der Waals surface area contributed by atoms with Crippen molar-refractivity contribution in [3.63, 3.8) is 0 Å². The molecule has 0 heterocycles. The third-order valence-electron chi connectivity index (χ3n) is 0.926. The van der Waals surface area contributed by atoms with Crippen LogP contribution in [0.4, 0.5) is 0 Å². The van der Waals surface area contributed by atoms with E-state index in [2.05, 4.69) is 6.92 Å². The summed E-state index contributed by atoms with van der Waals surface area (Å²) in [5.74, 6) is -2.51. The minimum atomic E-state index is -1.26. The molecule has 0 rings (SSSR count). The summed E-state index contributed by atoms with van der Waals surface area (Å²) in [7, 11) is 0. The molecule has 0 fully saturated rings. The van der Waals surface area contributed by atoms with E-state index in [0.717, 1.165) is 6.54 Å². The van der Waals surface area contributed by atoms with Crippen LogP contribution in [0.5, 0.6) is 0 Å². The van der Waals surface area contributed by atoms with E-state index in [4.69, 9.17) is 15.9 Å². The zero-order chi connectivity index (χ0) is 10.7. The number of hydrogen-bond donors (Lipinski definition) is 3. The normalized spacial score (nSPS) is 9.08. The van der Waals surface area contributed by atoms with E-state index in [1.165, 1.54) is 12.8 Å². The number of unbranched alkanes of at least 4 members (excludes halogenated alkanes) is 1. The first-order valence-corrected chi connectivity index (χ1v) is 3.88. The third-order valence-corrected chi connectivity index (χ3v) is 0.926. The number of carboxylic acid groups (broad SMARTS) is 2. The van der Waals surface area contributed by atoms with Crippen molar-refractivity contribution in [3.05, 3.63) is 12.2 Å². The van der Waals surface area contributed by atoms with E-state index >= 15 is 0 Å². The highest BCUT2D eigenvalue weighted by atomic mass is 16.4. The molecule has 13 heavy (non-hydrogen) atoms. The number of rotatable bonds is 4. The summed E-state index contributed by atoms with van der Waals surface area (Å²) in [5, 5.41) is 15.6. The lowest BCUT2D eigenvalue weighted by molar-refractivity contribution is -0.134. The van der Waals surface area contributed by atoms with Crippen LogP contribution in [0, 0.1) is 0 Å². The average molecular weight is 189 g/mol. The molecule has 0 saturated heterocycles. The van der Waals surface area contributed by atoms with Gasteiger partial charge in [-0.25, -0.2) is 9.59 Å². The lowest BCUT2D eigenvalue weighted by atomic mass is 10.3. The standard InChI is InChI=1S/C4H11N.C4H4O4/c1-2-3-4-5;5-3(6)1-2-4(7)8/h2-5H2,1H3;1-2H,(H,5,6)(H,7,8)/b;2-1+. The molecule has 0 radical (unpaired) electrons. The van der Waals surface area contributed by atoms with Crippen LogP contribution >= 0.6 is 0 Å². The second kappa shape index (κ2) is 10.6. The summed E-state index contributed by atoms with van der Waals surface area (Å²) in [6, 6.07) is 0. The van der Waals surface area contributed by atoms with Gasteiger partial charge in [-0.1, -0.05) is 13.3 Å². The maximum absolute atomic E-state index is 9.55. The van der Waals surface area contributed by atoms with Crippen molar-refractivity contribution >= 4 is 11.9 Å². The van der Waals surface area contributed by atoms with E-state index in [1.807, 2.05) is 0 Å². The Bertz CT molecular complexity index is 159. The monoisotopic (exact) mass is 189 g/mol. The molecule has 0 aromatic rings. The van der Waals surface area contributed by atoms with Gasteiger partial charge in [0.15, 0.2) is 0 Å². The summed E-state index contributed by atoms with van der Waals surface area (Å²) < 4.78 is 0. The number of aliphatic carboxylic acids is 2. The van der Waals surface area contributed by atoms with Crippen LogP contribution in [0.2, 0.25) is 0 Å². The molecule has 4 N–H and O–H groups in total. The van der Waals surface area contributed by atoms with Gasteiger partial charge in [0.2, 0.25) is 0 Å². The molecule has 76 valence electrons. The van der Waals surface area contributed by atoms with Crippen LogP contribution in [0.15, 0.2) is 12.2 Å². The van der Waals surface area contributed by atoms with Crippen molar-refractivity contribution in [1.29, 1.82) is 0 Å². The molecule has 5 heteroatoms. The largest absolute Gasteiger partial charge is 0.478 e. The van der Waals surface area contributed by atoms with Crippen LogP contribution in [0.1, 0.15) is 19.8 Å². The highest BCUT2D eigenvalue weighted by Crippen LogP contribution is 1.77. The van der Waals surface area contributed by atoms with Crippen LogP contribution < -0.4 is 5.73 Å². The summed E-state index contributed by atoms with van der Waals surface area (Å²) in [4.78, 5) is 19.1. The molecule has 0 aliphatic heterocycles. The Morgan fingerprint density at radius 3 is 1.69 bits per heavy atom. The molecular weight excluding hydrogens is 174 g/mol. The Kier molecular flexibility index (Phi) is 11.6. The minimum absolute atomic E-state index is 0.558. The third kappa shape index (κ3) is 25.0. The van der Waals surface area contributed by atoms with Gasteiger partial charge < -0.3 is 15.9 Å². The summed E-state index contributed by atoms with van der Waals surface area (Å²) in [6.07, 6.45) is 3.50. The predicted octanol–water partition coefficient (Wildman–Crippen LogP) is 0.457. The lowest BCUT2D eigenvalue weighted by Gasteiger charge is -1.80. The Labute approximate surface area is 76.9 Å². The molecule has 0 bridgehead atoms. The van der Waals surface area contributed by atoms with Crippen molar-refractivity contribution in [1.82, 2.24) is 0 Å². The quantitative estimate of drug-likeness (QED) is 0.557. The highest BCUT2D eigenvalue weighted by molar-refractivity contribution is 5.89. The number of hydrogen-bond acceptors (Lipinski definition) is 3. The van der Waals surface area contributed by atoms with Crippen molar-refractivity contribution in [2.75, 3.05) is 6.54 Å². The van der Waals surface area contributed by atoms with Crippen molar-refractivity contribution in [2.24, 2.45) is 5.73 Å². The van der Waals surface area contributed by atoms with E-state index < -0.39 is 11.9 Å². The van der Waals surface area contributed by atoms with Gasteiger partial charge >= 0.3 is 11.9 Å². The number of carbonyl (C=O) groups is 2. The fourth-order valence-electron chi connectivity index (χ4n) is 0.347. The number of carboxylic acids is 2. The maximum atomic E-state index is 9.55. The number of nitrogens with two attached hydrogens (primary N) is 1. The first kappa shape index (κ1) is 14.2. The second-order valence-electron chi connectivity index (χ2n) is 2.15. The molecule has 0 aromatic heterocycles. The van der Waals surface area contributed by atoms with Crippen LogP contribution in [-0.2, 0) is 9.59 Å². The molecule has 5 nitrogen and oxygen atoms in total. The second-order valence-corrected chi connectivity index (χ2v) is 2.15. The van der Waals surface area contributed by atoms with E-state index in [9.17, 15) is 9.59 Å². The molecule has 0 spiro atoms. The highest BCUT2D eigenvalue weighted by Gasteiger charge is 1.88. The molecule has 0 atom stereocenters. The van der Waals surface area contributed by atoms with E-state index in [0.29, 0.717) is 12.2 Å². The average Bonchev–Trinajstić information content (AvgIpc) is 2.03. The Morgan fingerprint density at radius 1 is 1.23 bits per heavy atom. The topological polar surface area (TPSA) is 101 Å². The SMILES string of the molecule is CCCCN.O=C(O)/C=C/C(=O)O. The van der Waals surface area contributed by atoms with Gasteiger partial charge in [-0.3, -0.25) is 0 Å². The molecule has 0 aliphatic rings. The molecule has 0 aromatic carbocycles. The van der Waals surface area contributed by atoms with E-state index in [1.54, 1.807) is 0 Å². The summed E-state index contributed by atoms with van der Waals surface area (Å²) in [5.41, 5.74) is 5.14. The van der Waals surface area contributed by atoms with Gasteiger partial charge in [0.25, 0.3) is 0 Å². The minimum Gasteiger partial charge on any atom is -0.478 e. The summed E-state index contributed by atoms with van der Waals surface area (Å²) >= 11 is 0. The fraction of sp³-hybridized carbons (Fsp3) is 0.500. The fourth-order valence-corrected chi connectivity index (χ4v) is 0.347. The Hall–Kier alpha value is -1.36.